The summed E-state index contributed by atoms with van der Waals surface area (Å²) in [7, 11) is 0. The average Bonchev–Trinajstić information content (AvgIpc) is 3.15. The Morgan fingerprint density at radius 3 is 2.26 bits per heavy atom. The van der Waals surface area contributed by atoms with E-state index in [0.717, 1.165) is 23.6 Å². The Morgan fingerprint density at radius 1 is 0.839 bits per heavy atom. The molecule has 31 heavy (non-hydrogen) atoms. The maximum absolute atomic E-state index is 5.66. The molecule has 2 N–H and O–H groups in total. The van der Waals surface area contributed by atoms with Crippen molar-refractivity contribution in [1.29, 1.82) is 0 Å². The molecule has 1 saturated carbocycles. The van der Waals surface area contributed by atoms with Crippen LogP contribution in [0.5, 0.6) is 5.75 Å². The first-order valence-electron chi connectivity index (χ1n) is 11.7. The van der Waals surface area contributed by atoms with Crippen molar-refractivity contribution >= 4 is 21.8 Å². The van der Waals surface area contributed by atoms with Crippen molar-refractivity contribution in [2.24, 2.45) is 11.7 Å². The van der Waals surface area contributed by atoms with Gasteiger partial charge in [-0.2, -0.15) is 0 Å². The highest BCUT2D eigenvalue weighted by Crippen LogP contribution is 2.36. The van der Waals surface area contributed by atoms with E-state index < -0.39 is 0 Å². The molecule has 3 nitrogen and oxygen atoms in total. The first kappa shape index (κ1) is 21.5. The molecule has 1 aliphatic rings. The molecule has 3 aromatic carbocycles. The number of fused-ring (bicyclic) bond motifs is 3. The molecule has 0 aliphatic heterocycles. The Kier molecular flexibility index (Phi) is 7.26. The number of benzene rings is 3. The molecule has 162 valence electrons. The van der Waals surface area contributed by atoms with Gasteiger partial charge >= 0.3 is 0 Å². The predicted octanol–water partition coefficient (Wildman–Crippen LogP) is 7.11. The lowest BCUT2D eigenvalue weighted by molar-refractivity contribution is 0.334. The number of hydrogen-bond donors (Lipinski definition) is 1. The van der Waals surface area contributed by atoms with Crippen LogP contribution >= 0.6 is 0 Å². The molecule has 5 rings (SSSR count). The average molecular weight is 415 g/mol. The van der Waals surface area contributed by atoms with Gasteiger partial charge in [-0.15, -0.1) is 0 Å². The molecule has 0 unspecified atom stereocenters. The largest absolute Gasteiger partial charge is 0.478 e. The fraction of sp³-hybridized carbons (Fsp3) is 0.357. The monoisotopic (exact) mass is 414 g/mol. The minimum atomic E-state index is 0.178. The molecular formula is C28H34N2O. The van der Waals surface area contributed by atoms with Gasteiger partial charge in [-0.25, -0.2) is 0 Å². The third-order valence-corrected chi connectivity index (χ3v) is 6.48. The number of nitrogens with zero attached hydrogens (tertiary/aromatic N) is 1. The number of nitrogens with two attached hydrogens (primary N) is 1. The molecule has 3 heteroatoms. The summed E-state index contributed by atoms with van der Waals surface area (Å²) in [5, 5.41) is 2.33. The quantitative estimate of drug-likeness (QED) is 0.353. The van der Waals surface area contributed by atoms with Gasteiger partial charge in [-0.1, -0.05) is 100 Å². The van der Waals surface area contributed by atoms with Crippen molar-refractivity contribution in [3.8, 4) is 5.75 Å². The van der Waals surface area contributed by atoms with Crippen LogP contribution in [-0.4, -0.2) is 11.3 Å². The third-order valence-electron chi connectivity index (χ3n) is 6.48. The van der Waals surface area contributed by atoms with Crippen LogP contribution in [0.2, 0.25) is 0 Å². The molecule has 0 atom stereocenters. The first-order chi connectivity index (χ1) is 15.3. The summed E-state index contributed by atoms with van der Waals surface area (Å²) in [5.41, 5.74) is 9.25. The summed E-state index contributed by atoms with van der Waals surface area (Å²) in [5.74, 6) is 1.93. The maximum Gasteiger partial charge on any atom is 0.137 e. The van der Waals surface area contributed by atoms with Gasteiger partial charge in [0.15, 0.2) is 0 Å². The van der Waals surface area contributed by atoms with Gasteiger partial charge in [0, 0.05) is 22.8 Å². The second-order valence-electron chi connectivity index (χ2n) is 8.46. The van der Waals surface area contributed by atoms with E-state index in [2.05, 4.69) is 66.1 Å². The highest BCUT2D eigenvalue weighted by Gasteiger charge is 2.14. The second-order valence-corrected chi connectivity index (χ2v) is 8.46. The van der Waals surface area contributed by atoms with Crippen molar-refractivity contribution in [1.82, 2.24) is 4.57 Å². The van der Waals surface area contributed by atoms with Crippen LogP contribution in [0.3, 0.4) is 0 Å². The number of hydrogen-bond acceptors (Lipinski definition) is 2. The maximum atomic E-state index is 5.66. The van der Waals surface area contributed by atoms with E-state index in [1.54, 1.807) is 0 Å². The van der Waals surface area contributed by atoms with Gasteiger partial charge < -0.3 is 9.30 Å². The lowest BCUT2D eigenvalue weighted by atomic mass is 9.88. The van der Waals surface area contributed by atoms with E-state index in [0.29, 0.717) is 0 Å². The summed E-state index contributed by atoms with van der Waals surface area (Å²) < 4.78 is 7.99. The van der Waals surface area contributed by atoms with E-state index >= 15 is 0 Å². The highest BCUT2D eigenvalue weighted by atomic mass is 16.5. The second kappa shape index (κ2) is 10.5. The fourth-order valence-corrected chi connectivity index (χ4v) is 4.81. The summed E-state index contributed by atoms with van der Waals surface area (Å²) in [6.07, 6.45) is 8.93. The molecule has 0 saturated heterocycles. The summed E-state index contributed by atoms with van der Waals surface area (Å²) in [4.78, 5) is 0. The Bertz CT molecular complexity index is 1090. The van der Waals surface area contributed by atoms with Crippen molar-refractivity contribution in [3.05, 3.63) is 78.4 Å². The lowest BCUT2D eigenvalue weighted by Crippen LogP contribution is -2.07. The van der Waals surface area contributed by atoms with Gasteiger partial charge in [-0.3, -0.25) is 5.73 Å². The minimum Gasteiger partial charge on any atom is -0.478 e. The van der Waals surface area contributed by atoms with Crippen LogP contribution in [0.15, 0.2) is 72.8 Å². The molecule has 4 aromatic rings. The van der Waals surface area contributed by atoms with Crippen molar-refractivity contribution in [2.45, 2.75) is 52.0 Å². The van der Waals surface area contributed by atoms with Crippen LogP contribution < -0.4 is 10.5 Å². The van der Waals surface area contributed by atoms with E-state index in [1.165, 1.54) is 60.5 Å². The zero-order chi connectivity index (χ0) is 21.5. The van der Waals surface area contributed by atoms with Gasteiger partial charge in [0.05, 0.1) is 5.52 Å². The van der Waals surface area contributed by atoms with E-state index in [1.807, 2.05) is 18.2 Å². The van der Waals surface area contributed by atoms with E-state index in [-0.39, 0.29) is 6.73 Å². The van der Waals surface area contributed by atoms with Crippen molar-refractivity contribution in [2.75, 3.05) is 6.73 Å². The van der Waals surface area contributed by atoms with Crippen LogP contribution in [0.1, 0.15) is 51.0 Å². The molecule has 1 aromatic heterocycles. The molecule has 1 heterocycles. The predicted molar refractivity (Wildman–Crippen MR) is 132 cm³/mol. The van der Waals surface area contributed by atoms with Crippen LogP contribution in [0, 0.1) is 5.92 Å². The standard InChI is InChI=1S/C20H18N2O.C8H16/c21-14-23-19-12-6-11-18-20(19)16-9-4-5-10-17(16)22(18)13-15-7-2-1-3-8-15;1-2-8-6-4-3-5-7-8/h1-12H,13-14,21H2;8H,2-7H2,1H3. The zero-order valence-electron chi connectivity index (χ0n) is 18.6. The highest BCUT2D eigenvalue weighted by molar-refractivity contribution is 6.11. The van der Waals surface area contributed by atoms with Crippen molar-refractivity contribution in [3.63, 3.8) is 0 Å². The van der Waals surface area contributed by atoms with E-state index in [4.69, 9.17) is 10.5 Å². The normalized spacial score (nSPS) is 14.4. The summed E-state index contributed by atoms with van der Waals surface area (Å²) >= 11 is 0. The Balaban J connectivity index is 0.000000245. The van der Waals surface area contributed by atoms with Gasteiger partial charge in [0.2, 0.25) is 0 Å². The van der Waals surface area contributed by atoms with Crippen LogP contribution in [0.4, 0.5) is 0 Å². The Morgan fingerprint density at radius 2 is 1.55 bits per heavy atom. The number of aromatic nitrogens is 1. The first-order valence-corrected chi connectivity index (χ1v) is 11.7. The molecule has 0 radical (unpaired) electrons. The molecule has 0 amide bonds. The topological polar surface area (TPSA) is 40.2 Å². The molecule has 1 fully saturated rings. The van der Waals surface area contributed by atoms with Gasteiger partial charge in [0.25, 0.3) is 0 Å². The van der Waals surface area contributed by atoms with Crippen LogP contribution in [0.25, 0.3) is 21.8 Å². The van der Waals surface area contributed by atoms with Crippen molar-refractivity contribution < 1.29 is 4.74 Å². The Labute approximate surface area is 185 Å². The van der Waals surface area contributed by atoms with Gasteiger partial charge in [0.1, 0.15) is 12.5 Å². The lowest BCUT2D eigenvalue weighted by Gasteiger charge is -2.18. The van der Waals surface area contributed by atoms with Gasteiger partial charge in [-0.05, 0) is 29.7 Å². The number of para-hydroxylation sites is 1. The molecule has 0 bridgehead atoms. The summed E-state index contributed by atoms with van der Waals surface area (Å²) in [6.45, 7) is 3.32. The van der Waals surface area contributed by atoms with Crippen LogP contribution in [-0.2, 0) is 6.54 Å². The number of rotatable bonds is 5. The minimum absolute atomic E-state index is 0.178. The summed E-state index contributed by atoms with van der Waals surface area (Å²) in [6, 6.07) is 25.1. The SMILES string of the molecule is CCC1CCCCC1.NCOc1cccc2c1c1ccccc1n2Cc1ccccc1. The third kappa shape index (κ3) is 4.94. The molecule has 1 aliphatic carbocycles. The Hall–Kier alpha value is -2.78. The molecular weight excluding hydrogens is 380 g/mol. The van der Waals surface area contributed by atoms with E-state index in [9.17, 15) is 0 Å². The smallest absolute Gasteiger partial charge is 0.137 e. The fourth-order valence-electron chi connectivity index (χ4n) is 4.81. The zero-order valence-corrected chi connectivity index (χ0v) is 18.6. The molecule has 0 spiro atoms. The number of ether oxygens (including phenoxy) is 1.